The summed E-state index contributed by atoms with van der Waals surface area (Å²) in [5.41, 5.74) is -0.0541. The fourth-order valence-electron chi connectivity index (χ4n) is 2.64. The van der Waals surface area contributed by atoms with Crippen molar-refractivity contribution in [3.8, 4) is 0 Å². The molecule has 0 aromatic carbocycles. The molecule has 3 atom stereocenters. The van der Waals surface area contributed by atoms with Gasteiger partial charge in [-0.2, -0.15) is 0 Å². The molecule has 1 aromatic heterocycles. The molecule has 0 spiro atoms. The number of anilines is 1. The topological polar surface area (TPSA) is 77.3 Å². The Morgan fingerprint density at radius 2 is 2.33 bits per heavy atom. The van der Waals surface area contributed by atoms with Crippen LogP contribution >= 0.6 is 11.6 Å². The summed E-state index contributed by atoms with van der Waals surface area (Å²) in [7, 11) is 0. The Morgan fingerprint density at radius 1 is 1.50 bits per heavy atom. The van der Waals surface area contributed by atoms with Gasteiger partial charge in [0.1, 0.15) is 11.0 Å². The number of hydrogen-bond donors (Lipinski definition) is 1. The molecule has 3 rings (SSSR count). The third-order valence-electron chi connectivity index (χ3n) is 3.43. The van der Waals surface area contributed by atoms with Crippen molar-refractivity contribution < 1.29 is 9.66 Å². The maximum absolute atomic E-state index is 10.7. The van der Waals surface area contributed by atoms with Crippen molar-refractivity contribution in [3.63, 3.8) is 0 Å². The van der Waals surface area contributed by atoms with E-state index in [1.165, 1.54) is 12.1 Å². The van der Waals surface area contributed by atoms with Gasteiger partial charge in [-0.25, -0.2) is 4.98 Å². The van der Waals surface area contributed by atoms with Gasteiger partial charge in [0.05, 0.1) is 35.3 Å². The van der Waals surface area contributed by atoms with Gasteiger partial charge in [-0.3, -0.25) is 10.1 Å². The Bertz CT molecular complexity index is 496. The monoisotopic (exact) mass is 269 g/mol. The largest absolute Gasteiger partial charge is 0.373 e. The normalized spacial score (nSPS) is 29.5. The zero-order valence-electron chi connectivity index (χ0n) is 9.51. The third kappa shape index (κ3) is 2.13. The molecule has 0 radical (unpaired) electrons. The number of pyridine rings is 1. The van der Waals surface area contributed by atoms with E-state index in [1.54, 1.807) is 0 Å². The second-order valence-corrected chi connectivity index (χ2v) is 5.04. The number of fused-ring (bicyclic) bond motifs is 2. The highest BCUT2D eigenvalue weighted by Gasteiger charge is 2.40. The van der Waals surface area contributed by atoms with Crippen LogP contribution in [0, 0.1) is 10.1 Å². The molecule has 0 aliphatic carbocycles. The van der Waals surface area contributed by atoms with Crippen molar-refractivity contribution in [1.29, 1.82) is 0 Å². The molecule has 7 heteroatoms. The quantitative estimate of drug-likeness (QED) is 0.518. The van der Waals surface area contributed by atoms with Gasteiger partial charge in [-0.15, -0.1) is 0 Å². The zero-order valence-corrected chi connectivity index (χ0v) is 10.3. The highest BCUT2D eigenvalue weighted by Crippen LogP contribution is 2.36. The molecule has 3 unspecified atom stereocenters. The number of halogens is 1. The maximum atomic E-state index is 10.7. The summed E-state index contributed by atoms with van der Waals surface area (Å²) in [6.45, 7) is 0. The third-order valence-corrected chi connectivity index (χ3v) is 3.62. The van der Waals surface area contributed by atoms with Crippen LogP contribution in [-0.4, -0.2) is 28.2 Å². The molecule has 18 heavy (non-hydrogen) atoms. The van der Waals surface area contributed by atoms with Gasteiger partial charge in [0.15, 0.2) is 0 Å². The number of rotatable bonds is 3. The van der Waals surface area contributed by atoms with E-state index in [-0.39, 0.29) is 23.0 Å². The van der Waals surface area contributed by atoms with Crippen molar-refractivity contribution in [2.24, 2.45) is 0 Å². The van der Waals surface area contributed by atoms with Gasteiger partial charge >= 0.3 is 0 Å². The van der Waals surface area contributed by atoms with Crippen LogP contribution in [0.2, 0.25) is 5.15 Å². The first kappa shape index (κ1) is 11.7. The summed E-state index contributed by atoms with van der Waals surface area (Å²) < 4.78 is 5.71. The summed E-state index contributed by atoms with van der Waals surface area (Å²) >= 11 is 5.77. The number of nitrogens with one attached hydrogen (secondary N) is 1. The second-order valence-electron chi connectivity index (χ2n) is 4.65. The van der Waals surface area contributed by atoms with E-state index in [2.05, 4.69) is 10.3 Å². The molecular weight excluding hydrogens is 258 g/mol. The Balaban J connectivity index is 1.78. The number of nitrogens with zero attached hydrogens (tertiary/aromatic N) is 2. The summed E-state index contributed by atoms with van der Waals surface area (Å²) in [6.07, 6.45) is 3.57. The molecule has 2 aliphatic heterocycles. The van der Waals surface area contributed by atoms with Gasteiger partial charge in [0.2, 0.25) is 0 Å². The van der Waals surface area contributed by atoms with Crippen LogP contribution in [-0.2, 0) is 4.74 Å². The van der Waals surface area contributed by atoms with E-state index in [9.17, 15) is 10.1 Å². The molecule has 2 fully saturated rings. The predicted octanol–water partition coefficient (Wildman–Crippen LogP) is 2.38. The molecule has 1 N–H and O–H groups in total. The van der Waals surface area contributed by atoms with E-state index in [1.807, 2.05) is 0 Å². The first-order valence-electron chi connectivity index (χ1n) is 5.86. The number of nitro groups is 1. The lowest BCUT2D eigenvalue weighted by atomic mass is 9.95. The van der Waals surface area contributed by atoms with Gasteiger partial charge in [0, 0.05) is 0 Å². The Morgan fingerprint density at radius 3 is 2.94 bits per heavy atom. The van der Waals surface area contributed by atoms with Gasteiger partial charge < -0.3 is 10.1 Å². The van der Waals surface area contributed by atoms with Crippen molar-refractivity contribution in [1.82, 2.24) is 4.98 Å². The molecule has 1 aromatic rings. The molecule has 2 aliphatic rings. The van der Waals surface area contributed by atoms with Crippen molar-refractivity contribution in [2.45, 2.75) is 37.5 Å². The van der Waals surface area contributed by atoms with Gasteiger partial charge in [-0.1, -0.05) is 11.6 Å². The first-order chi connectivity index (χ1) is 8.61. The van der Waals surface area contributed by atoms with E-state index in [0.29, 0.717) is 11.9 Å². The Kier molecular flexibility index (Phi) is 2.83. The average molecular weight is 270 g/mol. The molecular formula is C11H12ClN3O3. The predicted molar refractivity (Wildman–Crippen MR) is 65.8 cm³/mol. The van der Waals surface area contributed by atoms with Crippen molar-refractivity contribution >= 4 is 23.1 Å². The molecule has 3 heterocycles. The van der Waals surface area contributed by atoms with E-state index >= 15 is 0 Å². The average Bonchev–Trinajstić information content (AvgIpc) is 2.90. The van der Waals surface area contributed by atoms with Crippen LogP contribution in [0.5, 0.6) is 0 Å². The fraction of sp³-hybridized carbons (Fsp3) is 0.545. The Labute approximate surface area is 108 Å². The van der Waals surface area contributed by atoms with Gasteiger partial charge in [0.25, 0.3) is 5.69 Å². The second kappa shape index (κ2) is 4.37. The number of aromatic nitrogens is 1. The van der Waals surface area contributed by atoms with Crippen LogP contribution in [0.4, 0.5) is 11.5 Å². The van der Waals surface area contributed by atoms with Crippen LogP contribution in [0.3, 0.4) is 0 Å². The van der Waals surface area contributed by atoms with Crippen molar-refractivity contribution in [3.05, 3.63) is 27.4 Å². The minimum absolute atomic E-state index is 0.0541. The van der Waals surface area contributed by atoms with E-state index in [4.69, 9.17) is 16.3 Å². The minimum atomic E-state index is -0.476. The lowest BCUT2D eigenvalue weighted by Crippen LogP contribution is -2.30. The number of ether oxygens (including phenoxy) is 1. The van der Waals surface area contributed by atoms with Crippen LogP contribution in [0.25, 0.3) is 0 Å². The van der Waals surface area contributed by atoms with Crippen molar-refractivity contribution in [2.75, 3.05) is 5.32 Å². The maximum Gasteiger partial charge on any atom is 0.276 e. The minimum Gasteiger partial charge on any atom is -0.373 e. The van der Waals surface area contributed by atoms with Crippen LogP contribution < -0.4 is 5.32 Å². The highest BCUT2D eigenvalue weighted by molar-refractivity contribution is 6.29. The molecule has 96 valence electrons. The SMILES string of the molecule is O=[N+]([O-])c1cc(Cl)nc(NC2CC3CCC2O3)c1. The molecule has 2 saturated heterocycles. The standard InChI is InChI=1S/C11H12ClN3O3/c12-10-3-6(15(16)17)4-11(14-10)13-8-5-7-1-2-9(8)18-7/h3-4,7-9H,1-2,5H2,(H,13,14). The number of hydrogen-bond acceptors (Lipinski definition) is 5. The molecule has 0 amide bonds. The fourth-order valence-corrected chi connectivity index (χ4v) is 2.85. The molecule has 6 nitrogen and oxygen atoms in total. The summed E-state index contributed by atoms with van der Waals surface area (Å²) in [4.78, 5) is 14.3. The lowest BCUT2D eigenvalue weighted by molar-refractivity contribution is -0.384. The van der Waals surface area contributed by atoms with Gasteiger partial charge in [-0.05, 0) is 19.3 Å². The zero-order chi connectivity index (χ0) is 12.7. The summed E-state index contributed by atoms with van der Waals surface area (Å²) in [5, 5.41) is 14.0. The van der Waals surface area contributed by atoms with Crippen LogP contribution in [0.15, 0.2) is 12.1 Å². The lowest BCUT2D eigenvalue weighted by Gasteiger charge is -2.20. The highest BCUT2D eigenvalue weighted by atomic mass is 35.5. The summed E-state index contributed by atoms with van der Waals surface area (Å²) in [5.74, 6) is 0.440. The van der Waals surface area contributed by atoms with E-state index in [0.717, 1.165) is 19.3 Å². The molecule has 2 bridgehead atoms. The molecule has 0 saturated carbocycles. The summed E-state index contributed by atoms with van der Waals surface area (Å²) in [6, 6.07) is 2.82. The first-order valence-corrected chi connectivity index (χ1v) is 6.23. The van der Waals surface area contributed by atoms with Crippen LogP contribution in [0.1, 0.15) is 19.3 Å². The Hall–Kier alpha value is -1.40. The van der Waals surface area contributed by atoms with E-state index < -0.39 is 4.92 Å². The smallest absolute Gasteiger partial charge is 0.276 e.